The molecule has 0 aliphatic carbocycles. The van der Waals surface area contributed by atoms with Gasteiger partial charge in [-0.1, -0.05) is 24.3 Å². The van der Waals surface area contributed by atoms with Crippen LogP contribution in [0.3, 0.4) is 0 Å². The number of sulfonamides is 1. The average Bonchev–Trinajstić information content (AvgIpc) is 3.17. The first-order chi connectivity index (χ1) is 14.4. The summed E-state index contributed by atoms with van der Waals surface area (Å²) in [4.78, 5) is 4.25. The first-order valence-electron chi connectivity index (χ1n) is 9.53. The summed E-state index contributed by atoms with van der Waals surface area (Å²) >= 11 is 1.35. The van der Waals surface area contributed by atoms with Gasteiger partial charge in [0.25, 0.3) is 0 Å². The van der Waals surface area contributed by atoms with E-state index in [0.29, 0.717) is 12.2 Å². The molecule has 1 unspecified atom stereocenters. The molecular weight excluding hydrogens is 456 g/mol. The minimum absolute atomic E-state index is 0. The summed E-state index contributed by atoms with van der Waals surface area (Å²) in [7, 11) is -3.66. The number of benzene rings is 2. The Morgan fingerprint density at radius 2 is 1.90 bits per heavy atom. The molecule has 0 spiro atoms. The molecule has 0 saturated carbocycles. The molecule has 2 aromatic carbocycles. The molecule has 2 aromatic heterocycles. The number of nitrogens with one attached hydrogen (secondary N) is 2. The van der Waals surface area contributed by atoms with Gasteiger partial charge < -0.3 is 10.4 Å². The van der Waals surface area contributed by atoms with Gasteiger partial charge in [-0.15, -0.1) is 12.4 Å². The molecule has 4 aromatic rings. The Morgan fingerprint density at radius 1 is 1.10 bits per heavy atom. The molecule has 2 heterocycles. The van der Waals surface area contributed by atoms with Gasteiger partial charge >= 0.3 is 0 Å². The molecule has 0 amide bonds. The summed E-state index contributed by atoms with van der Waals surface area (Å²) in [6.07, 6.45) is 2.57. The lowest BCUT2D eigenvalue weighted by Crippen LogP contribution is -2.40. The Labute approximate surface area is 191 Å². The predicted octanol–water partition coefficient (Wildman–Crippen LogP) is 3.26. The van der Waals surface area contributed by atoms with Crippen molar-refractivity contribution in [1.29, 1.82) is 0 Å². The third-order valence-corrected chi connectivity index (χ3v) is 7.22. The lowest BCUT2D eigenvalue weighted by molar-refractivity contribution is 0.172. The third-order valence-electron chi connectivity index (χ3n) is 4.79. The summed E-state index contributed by atoms with van der Waals surface area (Å²) < 4.78 is 33.5. The fourth-order valence-electron chi connectivity index (χ4n) is 3.28. The quantitative estimate of drug-likeness (QED) is 0.359. The van der Waals surface area contributed by atoms with Crippen LogP contribution in [0.4, 0.5) is 0 Å². The van der Waals surface area contributed by atoms with Crippen molar-refractivity contribution >= 4 is 54.8 Å². The Bertz CT molecular complexity index is 1280. The summed E-state index contributed by atoms with van der Waals surface area (Å²) in [5, 5.41) is 16.2. The second-order valence-corrected chi connectivity index (χ2v) is 9.66. The van der Waals surface area contributed by atoms with Gasteiger partial charge in [-0.25, -0.2) is 13.1 Å². The highest BCUT2D eigenvalue weighted by Gasteiger charge is 2.19. The van der Waals surface area contributed by atoms with E-state index in [2.05, 4.69) is 19.4 Å². The smallest absolute Gasteiger partial charge is 0.240 e. The first-order valence-corrected chi connectivity index (χ1v) is 11.8. The number of pyridine rings is 1. The third kappa shape index (κ3) is 5.38. The van der Waals surface area contributed by atoms with Crippen molar-refractivity contribution < 1.29 is 13.5 Å². The summed E-state index contributed by atoms with van der Waals surface area (Å²) in [6.45, 7) is 2.43. The number of halogens is 1. The standard InChI is InChI=1S/C21H22N4O3S2.ClH/c1-14(11-23-13-19(26)21-18-4-2-3-5-20(18)29-24-21)25-30(27,28)17-7-6-16-12-22-9-8-15(16)10-17;/h2-10,12,14,19,23,25-26H,11,13H2,1H3;1H/t14-,19?;/m1./s1. The lowest BCUT2D eigenvalue weighted by atomic mass is 10.1. The summed E-state index contributed by atoms with van der Waals surface area (Å²) in [6, 6.07) is 14.1. The van der Waals surface area contributed by atoms with E-state index in [1.807, 2.05) is 24.3 Å². The van der Waals surface area contributed by atoms with Crippen molar-refractivity contribution in [1.82, 2.24) is 19.4 Å². The van der Waals surface area contributed by atoms with Crippen LogP contribution < -0.4 is 10.0 Å². The van der Waals surface area contributed by atoms with Crippen molar-refractivity contribution in [3.8, 4) is 0 Å². The van der Waals surface area contributed by atoms with Crippen molar-refractivity contribution in [2.45, 2.75) is 24.0 Å². The number of fused-ring (bicyclic) bond motifs is 2. The highest BCUT2D eigenvalue weighted by atomic mass is 35.5. The number of aliphatic hydroxyl groups is 1. The molecule has 31 heavy (non-hydrogen) atoms. The second kappa shape index (κ2) is 9.99. The molecule has 3 N–H and O–H groups in total. The Hall–Kier alpha value is -2.14. The van der Waals surface area contributed by atoms with Crippen LogP contribution in [0.25, 0.3) is 20.9 Å². The van der Waals surface area contributed by atoms with E-state index in [4.69, 9.17) is 0 Å². The number of hydrogen-bond donors (Lipinski definition) is 3. The lowest BCUT2D eigenvalue weighted by Gasteiger charge is -2.17. The van der Waals surface area contributed by atoms with Gasteiger partial charge in [0, 0.05) is 42.3 Å². The monoisotopic (exact) mass is 478 g/mol. The fourth-order valence-corrected chi connectivity index (χ4v) is 5.39. The summed E-state index contributed by atoms with van der Waals surface area (Å²) in [5.74, 6) is 0. The van der Waals surface area contributed by atoms with Crippen molar-refractivity contribution in [2.24, 2.45) is 0 Å². The van der Waals surface area contributed by atoms with E-state index in [-0.39, 0.29) is 29.9 Å². The van der Waals surface area contributed by atoms with Gasteiger partial charge in [0.1, 0.15) is 6.10 Å². The van der Waals surface area contributed by atoms with E-state index < -0.39 is 16.1 Å². The van der Waals surface area contributed by atoms with Crippen LogP contribution in [0.1, 0.15) is 18.7 Å². The Kier molecular flexibility index (Phi) is 7.58. The molecule has 2 atom stereocenters. The van der Waals surface area contributed by atoms with E-state index in [1.54, 1.807) is 43.6 Å². The minimum atomic E-state index is -3.66. The van der Waals surface area contributed by atoms with Gasteiger partial charge in [-0.05, 0) is 48.1 Å². The van der Waals surface area contributed by atoms with Gasteiger partial charge in [0.05, 0.1) is 15.3 Å². The molecule has 0 radical (unpaired) electrons. The van der Waals surface area contributed by atoms with Crippen LogP contribution >= 0.6 is 23.9 Å². The van der Waals surface area contributed by atoms with Gasteiger partial charge in [-0.2, -0.15) is 4.37 Å². The highest BCUT2D eigenvalue weighted by Crippen LogP contribution is 2.26. The molecule has 0 aliphatic heterocycles. The number of hydrogen-bond acceptors (Lipinski definition) is 7. The Morgan fingerprint density at radius 3 is 2.74 bits per heavy atom. The Balaban J connectivity index is 0.00000272. The maximum atomic E-state index is 12.7. The van der Waals surface area contributed by atoms with Crippen LogP contribution in [-0.2, 0) is 10.0 Å². The first kappa shape index (κ1) is 23.5. The van der Waals surface area contributed by atoms with Crippen LogP contribution in [0, 0.1) is 0 Å². The van der Waals surface area contributed by atoms with E-state index >= 15 is 0 Å². The zero-order chi connectivity index (χ0) is 21.1. The SMILES string of the molecule is C[C@H](CNCC(O)c1nsc2ccccc12)NS(=O)(=O)c1ccc2cnccc2c1.Cl. The van der Waals surface area contributed by atoms with Gasteiger partial charge in [0.2, 0.25) is 10.0 Å². The predicted molar refractivity (Wildman–Crippen MR) is 126 cm³/mol. The fraction of sp³-hybridized carbons (Fsp3) is 0.238. The van der Waals surface area contributed by atoms with Crippen LogP contribution in [-0.4, -0.2) is 42.0 Å². The second-order valence-electron chi connectivity index (χ2n) is 7.14. The normalized spacial score (nSPS) is 13.7. The van der Waals surface area contributed by atoms with Crippen LogP contribution in [0.15, 0.2) is 65.8 Å². The van der Waals surface area contributed by atoms with Gasteiger partial charge in [0.15, 0.2) is 0 Å². The van der Waals surface area contributed by atoms with E-state index in [0.717, 1.165) is 20.9 Å². The van der Waals surface area contributed by atoms with E-state index in [1.165, 1.54) is 11.5 Å². The molecule has 7 nitrogen and oxygen atoms in total. The number of aliphatic hydroxyl groups excluding tert-OH is 1. The van der Waals surface area contributed by atoms with Crippen molar-refractivity contribution in [3.63, 3.8) is 0 Å². The molecule has 10 heteroatoms. The molecule has 0 fully saturated rings. The van der Waals surface area contributed by atoms with Crippen LogP contribution in [0.2, 0.25) is 0 Å². The molecule has 4 rings (SSSR count). The average molecular weight is 479 g/mol. The van der Waals surface area contributed by atoms with Crippen molar-refractivity contribution in [3.05, 3.63) is 66.6 Å². The van der Waals surface area contributed by atoms with Gasteiger partial charge in [-0.3, -0.25) is 4.98 Å². The zero-order valence-electron chi connectivity index (χ0n) is 16.7. The molecule has 164 valence electrons. The highest BCUT2D eigenvalue weighted by molar-refractivity contribution is 7.89. The van der Waals surface area contributed by atoms with E-state index in [9.17, 15) is 13.5 Å². The topological polar surface area (TPSA) is 104 Å². The zero-order valence-corrected chi connectivity index (χ0v) is 19.2. The van der Waals surface area contributed by atoms with Crippen molar-refractivity contribution in [2.75, 3.05) is 13.1 Å². The molecule has 0 aliphatic rings. The maximum Gasteiger partial charge on any atom is 0.240 e. The number of aromatic nitrogens is 2. The number of rotatable bonds is 8. The largest absolute Gasteiger partial charge is 0.385 e. The van der Waals surface area contributed by atoms with Crippen LogP contribution in [0.5, 0.6) is 0 Å². The maximum absolute atomic E-state index is 12.7. The molecular formula is C21H23ClN4O3S2. The summed E-state index contributed by atoms with van der Waals surface area (Å²) in [5.41, 5.74) is 0.641. The minimum Gasteiger partial charge on any atom is -0.385 e. The molecule has 0 bridgehead atoms. The molecule has 0 saturated heterocycles. The number of nitrogens with zero attached hydrogens (tertiary/aromatic N) is 2.